The van der Waals surface area contributed by atoms with E-state index in [1.165, 1.54) is 5.56 Å². The number of aromatic hydroxyl groups is 1. The van der Waals surface area contributed by atoms with Gasteiger partial charge in [0, 0.05) is 18.1 Å². The molecule has 2 aromatic carbocycles. The lowest BCUT2D eigenvalue weighted by molar-refractivity contribution is 0.0709. The summed E-state index contributed by atoms with van der Waals surface area (Å²) in [6.07, 6.45) is 1.80. The van der Waals surface area contributed by atoms with Crippen LogP contribution in [0, 0.1) is 0 Å². The number of hydrogen-bond donors (Lipinski definition) is 1. The summed E-state index contributed by atoms with van der Waals surface area (Å²) in [7, 11) is 1.55. The quantitative estimate of drug-likeness (QED) is 0.912. The Kier molecular flexibility index (Phi) is 4.95. The van der Waals surface area contributed by atoms with Crippen molar-refractivity contribution in [3.8, 4) is 11.5 Å². The van der Waals surface area contributed by atoms with Crippen LogP contribution in [0.1, 0.15) is 34.7 Å². The van der Waals surface area contributed by atoms with Crippen LogP contribution < -0.4 is 4.74 Å². The maximum atomic E-state index is 12.8. The van der Waals surface area contributed by atoms with Gasteiger partial charge in [-0.15, -0.1) is 0 Å². The summed E-state index contributed by atoms with van der Waals surface area (Å²) in [6, 6.07) is 12.4. The third-order valence-corrected chi connectivity index (χ3v) is 4.77. The van der Waals surface area contributed by atoms with E-state index in [0.29, 0.717) is 35.3 Å². The van der Waals surface area contributed by atoms with Crippen LogP contribution in [0.2, 0.25) is 5.02 Å². The molecule has 4 nitrogen and oxygen atoms in total. The van der Waals surface area contributed by atoms with E-state index in [1.54, 1.807) is 37.4 Å². The number of halogens is 1. The van der Waals surface area contributed by atoms with Crippen LogP contribution in [0.3, 0.4) is 0 Å². The van der Waals surface area contributed by atoms with Gasteiger partial charge in [-0.2, -0.15) is 0 Å². The molecule has 0 spiro atoms. The molecule has 1 fully saturated rings. The SMILES string of the molecule is COc1ccc(Cl)cc1C(=O)N1CCC(c2ccc(O)cc2)CC1. The van der Waals surface area contributed by atoms with Gasteiger partial charge in [0.15, 0.2) is 0 Å². The van der Waals surface area contributed by atoms with E-state index in [1.807, 2.05) is 17.0 Å². The van der Waals surface area contributed by atoms with Crippen molar-refractivity contribution in [3.05, 3.63) is 58.6 Å². The van der Waals surface area contributed by atoms with Crippen LogP contribution >= 0.6 is 11.6 Å². The minimum Gasteiger partial charge on any atom is -0.508 e. The van der Waals surface area contributed by atoms with E-state index in [2.05, 4.69) is 0 Å². The van der Waals surface area contributed by atoms with Gasteiger partial charge in [0.05, 0.1) is 12.7 Å². The van der Waals surface area contributed by atoms with Gasteiger partial charge >= 0.3 is 0 Å². The Morgan fingerprint density at radius 3 is 2.46 bits per heavy atom. The number of amides is 1. The van der Waals surface area contributed by atoms with E-state index in [0.717, 1.165) is 12.8 Å². The molecule has 1 aliphatic heterocycles. The molecule has 0 radical (unpaired) electrons. The monoisotopic (exact) mass is 345 g/mol. The number of nitrogens with zero attached hydrogens (tertiary/aromatic N) is 1. The fraction of sp³-hybridized carbons (Fsp3) is 0.316. The molecular weight excluding hydrogens is 326 g/mol. The number of piperidine rings is 1. The molecule has 0 bridgehead atoms. The zero-order valence-corrected chi connectivity index (χ0v) is 14.3. The summed E-state index contributed by atoms with van der Waals surface area (Å²) in [5, 5.41) is 9.92. The first-order valence-electron chi connectivity index (χ1n) is 8.00. The number of carbonyl (C=O) groups is 1. The van der Waals surface area contributed by atoms with Crippen LogP contribution in [0.25, 0.3) is 0 Å². The molecule has 1 aliphatic rings. The highest BCUT2D eigenvalue weighted by molar-refractivity contribution is 6.31. The maximum absolute atomic E-state index is 12.8. The van der Waals surface area contributed by atoms with E-state index < -0.39 is 0 Å². The lowest BCUT2D eigenvalue weighted by Crippen LogP contribution is -2.38. The van der Waals surface area contributed by atoms with Crippen molar-refractivity contribution in [1.82, 2.24) is 4.90 Å². The van der Waals surface area contributed by atoms with Crippen molar-refractivity contribution in [1.29, 1.82) is 0 Å². The summed E-state index contributed by atoms with van der Waals surface area (Å²) < 4.78 is 5.28. The summed E-state index contributed by atoms with van der Waals surface area (Å²) in [5.41, 5.74) is 1.72. The standard InChI is InChI=1S/C19H20ClNO3/c1-24-18-7-4-15(20)12-17(18)19(23)21-10-8-14(9-11-21)13-2-5-16(22)6-3-13/h2-7,12,14,22H,8-11H2,1H3. The topological polar surface area (TPSA) is 49.8 Å². The number of rotatable bonds is 3. The summed E-state index contributed by atoms with van der Waals surface area (Å²) in [6.45, 7) is 1.39. The third kappa shape index (κ3) is 3.49. The Bertz CT molecular complexity index is 722. The second kappa shape index (κ2) is 7.14. The molecule has 1 saturated heterocycles. The second-order valence-corrected chi connectivity index (χ2v) is 6.44. The molecule has 0 unspecified atom stereocenters. The molecule has 1 heterocycles. The molecule has 0 aromatic heterocycles. The summed E-state index contributed by atoms with van der Waals surface area (Å²) in [4.78, 5) is 14.6. The number of ether oxygens (including phenoxy) is 1. The average molecular weight is 346 g/mol. The Hall–Kier alpha value is -2.20. The third-order valence-electron chi connectivity index (χ3n) is 4.54. The smallest absolute Gasteiger partial charge is 0.257 e. The molecule has 24 heavy (non-hydrogen) atoms. The number of likely N-dealkylation sites (tertiary alicyclic amines) is 1. The molecule has 1 amide bonds. The van der Waals surface area contributed by atoms with Crippen LogP contribution in [-0.4, -0.2) is 36.1 Å². The Morgan fingerprint density at radius 1 is 1.17 bits per heavy atom. The van der Waals surface area contributed by atoms with Crippen molar-refractivity contribution in [2.75, 3.05) is 20.2 Å². The highest BCUT2D eigenvalue weighted by Gasteiger charge is 2.26. The minimum absolute atomic E-state index is 0.0430. The largest absolute Gasteiger partial charge is 0.508 e. The lowest BCUT2D eigenvalue weighted by atomic mass is 9.89. The van der Waals surface area contributed by atoms with Crippen molar-refractivity contribution >= 4 is 17.5 Å². The second-order valence-electron chi connectivity index (χ2n) is 6.00. The van der Waals surface area contributed by atoms with Gasteiger partial charge < -0.3 is 14.7 Å². The Morgan fingerprint density at radius 2 is 1.83 bits per heavy atom. The van der Waals surface area contributed by atoms with Gasteiger partial charge in [-0.25, -0.2) is 0 Å². The van der Waals surface area contributed by atoms with E-state index in [4.69, 9.17) is 16.3 Å². The normalized spacial score (nSPS) is 15.3. The van der Waals surface area contributed by atoms with Crippen molar-refractivity contribution < 1.29 is 14.6 Å². The number of methoxy groups -OCH3 is 1. The number of phenolic OH excluding ortho intramolecular Hbond substituents is 1. The summed E-state index contributed by atoms with van der Waals surface area (Å²) in [5.74, 6) is 1.19. The number of carbonyl (C=O) groups excluding carboxylic acids is 1. The molecule has 2 aromatic rings. The average Bonchev–Trinajstić information content (AvgIpc) is 2.62. The van der Waals surface area contributed by atoms with Gasteiger partial charge in [-0.05, 0) is 54.7 Å². The number of phenols is 1. The molecule has 0 saturated carbocycles. The lowest BCUT2D eigenvalue weighted by Gasteiger charge is -2.32. The summed E-state index contributed by atoms with van der Waals surface area (Å²) >= 11 is 6.03. The fourth-order valence-corrected chi connectivity index (χ4v) is 3.35. The predicted molar refractivity (Wildman–Crippen MR) is 94.0 cm³/mol. The molecule has 0 aliphatic carbocycles. The molecule has 126 valence electrons. The highest BCUT2D eigenvalue weighted by atomic mass is 35.5. The highest BCUT2D eigenvalue weighted by Crippen LogP contribution is 2.31. The molecule has 5 heteroatoms. The number of hydrogen-bond acceptors (Lipinski definition) is 3. The first-order chi connectivity index (χ1) is 11.6. The van der Waals surface area contributed by atoms with Crippen molar-refractivity contribution in [3.63, 3.8) is 0 Å². The van der Waals surface area contributed by atoms with E-state index in [9.17, 15) is 9.90 Å². The van der Waals surface area contributed by atoms with E-state index >= 15 is 0 Å². The number of benzene rings is 2. The van der Waals surface area contributed by atoms with Crippen LogP contribution in [0.15, 0.2) is 42.5 Å². The first-order valence-corrected chi connectivity index (χ1v) is 8.38. The molecular formula is C19H20ClNO3. The zero-order valence-electron chi connectivity index (χ0n) is 13.5. The Labute approximate surface area is 146 Å². The zero-order chi connectivity index (χ0) is 17.1. The van der Waals surface area contributed by atoms with Crippen LogP contribution in [0.5, 0.6) is 11.5 Å². The van der Waals surface area contributed by atoms with Gasteiger partial charge in [0.1, 0.15) is 11.5 Å². The predicted octanol–water partition coefficient (Wildman–Crippen LogP) is 4.07. The van der Waals surface area contributed by atoms with Crippen LogP contribution in [-0.2, 0) is 0 Å². The molecule has 1 N–H and O–H groups in total. The van der Waals surface area contributed by atoms with Gasteiger partial charge in [-0.1, -0.05) is 23.7 Å². The minimum atomic E-state index is -0.0430. The van der Waals surface area contributed by atoms with Crippen molar-refractivity contribution in [2.45, 2.75) is 18.8 Å². The first kappa shape index (κ1) is 16.7. The maximum Gasteiger partial charge on any atom is 0.257 e. The van der Waals surface area contributed by atoms with Gasteiger partial charge in [0.25, 0.3) is 5.91 Å². The van der Waals surface area contributed by atoms with Gasteiger partial charge in [0.2, 0.25) is 0 Å². The fourth-order valence-electron chi connectivity index (χ4n) is 3.18. The van der Waals surface area contributed by atoms with Crippen molar-refractivity contribution in [2.24, 2.45) is 0 Å². The molecule has 3 rings (SSSR count). The van der Waals surface area contributed by atoms with Crippen LogP contribution in [0.4, 0.5) is 0 Å². The van der Waals surface area contributed by atoms with Gasteiger partial charge in [-0.3, -0.25) is 4.79 Å². The Balaban J connectivity index is 1.69. The van der Waals surface area contributed by atoms with E-state index in [-0.39, 0.29) is 11.7 Å². The molecule has 0 atom stereocenters.